The third kappa shape index (κ3) is 3.26. The van der Waals surface area contributed by atoms with E-state index in [1.54, 1.807) is 0 Å². The highest BCUT2D eigenvalue weighted by molar-refractivity contribution is 4.92. The van der Waals surface area contributed by atoms with Gasteiger partial charge in [0.25, 0.3) is 0 Å². The predicted molar refractivity (Wildman–Crippen MR) is 67.2 cm³/mol. The maximum Gasteiger partial charge on any atom is 0.187 e. The molecule has 2 aliphatic heterocycles. The zero-order chi connectivity index (χ0) is 16.6. The van der Waals surface area contributed by atoms with Crippen LogP contribution in [0.15, 0.2) is 0 Å². The minimum atomic E-state index is -1.67. The SMILES string of the molecule is CC1OC(O)C(O)C(OC2OC(CO)C(O)C(O)C2O)C1O. The Kier molecular flexibility index (Phi) is 5.72. The highest BCUT2D eigenvalue weighted by atomic mass is 16.7. The quantitative estimate of drug-likeness (QED) is 0.269. The molecular weight excluding hydrogens is 304 g/mol. The van der Waals surface area contributed by atoms with E-state index in [0.29, 0.717) is 0 Å². The maximum atomic E-state index is 9.96. The Bertz CT molecular complexity index is 352. The fourth-order valence-electron chi connectivity index (χ4n) is 2.51. The number of hydrogen-bond acceptors (Lipinski definition) is 10. The van der Waals surface area contributed by atoms with Gasteiger partial charge >= 0.3 is 0 Å². The van der Waals surface area contributed by atoms with Gasteiger partial charge < -0.3 is 50.0 Å². The van der Waals surface area contributed by atoms with Crippen molar-refractivity contribution in [1.29, 1.82) is 0 Å². The minimum absolute atomic E-state index is 0.636. The molecule has 0 bridgehead atoms. The molecule has 10 nitrogen and oxygen atoms in total. The summed E-state index contributed by atoms with van der Waals surface area (Å²) in [7, 11) is 0. The van der Waals surface area contributed by atoms with E-state index in [9.17, 15) is 30.6 Å². The Labute approximate surface area is 126 Å². The van der Waals surface area contributed by atoms with Crippen molar-refractivity contribution in [3.05, 3.63) is 0 Å². The molecule has 0 saturated carbocycles. The van der Waals surface area contributed by atoms with Crippen LogP contribution in [0, 0.1) is 0 Å². The zero-order valence-electron chi connectivity index (χ0n) is 11.8. The number of aliphatic hydroxyl groups excluding tert-OH is 7. The van der Waals surface area contributed by atoms with E-state index >= 15 is 0 Å². The normalized spacial score (nSPS) is 53.5. The molecule has 0 aromatic rings. The van der Waals surface area contributed by atoms with E-state index in [4.69, 9.17) is 19.3 Å². The lowest BCUT2D eigenvalue weighted by Gasteiger charge is -2.44. The molecule has 2 saturated heterocycles. The topological polar surface area (TPSA) is 169 Å². The lowest BCUT2D eigenvalue weighted by Crippen LogP contribution is -2.63. The molecule has 10 heteroatoms. The van der Waals surface area contributed by atoms with Gasteiger partial charge in [0, 0.05) is 0 Å². The van der Waals surface area contributed by atoms with Crippen molar-refractivity contribution in [3.63, 3.8) is 0 Å². The Hall–Kier alpha value is -0.400. The molecule has 2 rings (SSSR count). The molecule has 2 heterocycles. The Morgan fingerprint density at radius 2 is 1.45 bits per heavy atom. The maximum absolute atomic E-state index is 9.96. The summed E-state index contributed by atoms with van der Waals surface area (Å²) in [5, 5.41) is 67.6. The van der Waals surface area contributed by atoms with Crippen LogP contribution in [-0.4, -0.2) is 104 Å². The first-order valence-electron chi connectivity index (χ1n) is 6.93. The van der Waals surface area contributed by atoms with E-state index in [0.717, 1.165) is 0 Å². The van der Waals surface area contributed by atoms with Crippen LogP contribution in [0.4, 0.5) is 0 Å². The molecule has 10 unspecified atom stereocenters. The first kappa shape index (κ1) is 17.9. The third-order valence-electron chi connectivity index (χ3n) is 3.94. The van der Waals surface area contributed by atoms with Crippen molar-refractivity contribution in [2.75, 3.05) is 6.61 Å². The predicted octanol–water partition coefficient (Wildman–Crippen LogP) is -4.37. The summed E-state index contributed by atoms with van der Waals surface area (Å²) >= 11 is 0. The first-order valence-corrected chi connectivity index (χ1v) is 6.93. The van der Waals surface area contributed by atoms with Gasteiger partial charge in [0.15, 0.2) is 12.6 Å². The van der Waals surface area contributed by atoms with Crippen LogP contribution < -0.4 is 0 Å². The lowest BCUT2D eigenvalue weighted by atomic mass is 9.97. The Morgan fingerprint density at radius 3 is 2.05 bits per heavy atom. The molecule has 130 valence electrons. The fourth-order valence-corrected chi connectivity index (χ4v) is 2.51. The van der Waals surface area contributed by atoms with Crippen LogP contribution in [0.3, 0.4) is 0 Å². The monoisotopic (exact) mass is 326 g/mol. The summed E-state index contributed by atoms with van der Waals surface area (Å²) in [4.78, 5) is 0. The molecule has 22 heavy (non-hydrogen) atoms. The van der Waals surface area contributed by atoms with E-state index in [-0.39, 0.29) is 0 Å². The van der Waals surface area contributed by atoms with Crippen LogP contribution in [-0.2, 0) is 14.2 Å². The van der Waals surface area contributed by atoms with Gasteiger partial charge in [-0.15, -0.1) is 0 Å². The van der Waals surface area contributed by atoms with Gasteiger partial charge in [-0.05, 0) is 6.92 Å². The van der Waals surface area contributed by atoms with Gasteiger partial charge in [0.1, 0.15) is 42.7 Å². The molecule has 0 aromatic heterocycles. The summed E-state index contributed by atoms with van der Waals surface area (Å²) in [5.41, 5.74) is 0. The average Bonchev–Trinajstić information content (AvgIpc) is 2.49. The molecular formula is C12H22O10. The summed E-state index contributed by atoms with van der Waals surface area (Å²) < 4.78 is 15.3. The van der Waals surface area contributed by atoms with Crippen LogP contribution in [0.2, 0.25) is 0 Å². The van der Waals surface area contributed by atoms with Crippen molar-refractivity contribution in [2.24, 2.45) is 0 Å². The lowest BCUT2D eigenvalue weighted by molar-refractivity contribution is -0.353. The molecule has 7 N–H and O–H groups in total. The summed E-state index contributed by atoms with van der Waals surface area (Å²) in [6, 6.07) is 0. The number of rotatable bonds is 3. The number of ether oxygens (including phenoxy) is 3. The van der Waals surface area contributed by atoms with Gasteiger partial charge in [-0.3, -0.25) is 0 Å². The van der Waals surface area contributed by atoms with Crippen molar-refractivity contribution in [2.45, 2.75) is 68.3 Å². The van der Waals surface area contributed by atoms with Crippen LogP contribution in [0.25, 0.3) is 0 Å². The first-order chi connectivity index (χ1) is 10.3. The van der Waals surface area contributed by atoms with E-state index in [1.807, 2.05) is 0 Å². The van der Waals surface area contributed by atoms with E-state index < -0.39 is 68.0 Å². The fraction of sp³-hybridized carbons (Fsp3) is 1.00. The number of aliphatic hydroxyl groups is 7. The standard InChI is InChI=1S/C12H22O10/c1-3-5(14)10(9(18)11(19)20-3)22-12-8(17)7(16)6(15)4(2-13)21-12/h3-19H,2H2,1H3. The van der Waals surface area contributed by atoms with Crippen molar-refractivity contribution in [1.82, 2.24) is 0 Å². The van der Waals surface area contributed by atoms with Crippen molar-refractivity contribution < 1.29 is 50.0 Å². The summed E-state index contributed by atoms with van der Waals surface area (Å²) in [5.74, 6) is 0. The van der Waals surface area contributed by atoms with Gasteiger partial charge in [-0.2, -0.15) is 0 Å². The summed E-state index contributed by atoms with van der Waals surface area (Å²) in [6.45, 7) is 0.812. The van der Waals surface area contributed by atoms with Crippen LogP contribution in [0.5, 0.6) is 0 Å². The Morgan fingerprint density at radius 1 is 0.818 bits per heavy atom. The van der Waals surface area contributed by atoms with Crippen LogP contribution >= 0.6 is 0 Å². The second kappa shape index (κ2) is 7.01. The Balaban J connectivity index is 2.10. The van der Waals surface area contributed by atoms with Gasteiger partial charge in [0.2, 0.25) is 0 Å². The highest BCUT2D eigenvalue weighted by Gasteiger charge is 2.49. The second-order valence-corrected chi connectivity index (χ2v) is 5.51. The van der Waals surface area contributed by atoms with E-state index in [2.05, 4.69) is 0 Å². The van der Waals surface area contributed by atoms with Crippen molar-refractivity contribution >= 4 is 0 Å². The largest absolute Gasteiger partial charge is 0.394 e. The van der Waals surface area contributed by atoms with Crippen LogP contribution in [0.1, 0.15) is 6.92 Å². The molecule has 0 amide bonds. The van der Waals surface area contributed by atoms with Gasteiger partial charge in [-0.25, -0.2) is 0 Å². The second-order valence-electron chi connectivity index (χ2n) is 5.51. The zero-order valence-corrected chi connectivity index (χ0v) is 11.8. The van der Waals surface area contributed by atoms with Crippen molar-refractivity contribution in [3.8, 4) is 0 Å². The smallest absolute Gasteiger partial charge is 0.187 e. The third-order valence-corrected chi connectivity index (χ3v) is 3.94. The molecule has 0 aromatic carbocycles. The summed E-state index contributed by atoms with van der Waals surface area (Å²) in [6.07, 6.45) is -14.3. The molecule has 2 aliphatic rings. The molecule has 10 atom stereocenters. The number of hydrogen-bond donors (Lipinski definition) is 7. The van der Waals surface area contributed by atoms with Gasteiger partial charge in [-0.1, -0.05) is 0 Å². The van der Waals surface area contributed by atoms with E-state index in [1.165, 1.54) is 6.92 Å². The molecule has 0 aliphatic carbocycles. The average molecular weight is 326 g/mol. The van der Waals surface area contributed by atoms with Gasteiger partial charge in [0.05, 0.1) is 12.7 Å². The minimum Gasteiger partial charge on any atom is -0.394 e. The highest BCUT2D eigenvalue weighted by Crippen LogP contribution is 2.28. The molecule has 0 radical (unpaired) electrons. The molecule has 2 fully saturated rings. The molecule has 0 spiro atoms.